The first kappa shape index (κ1) is 12.5. The Morgan fingerprint density at radius 1 is 1.25 bits per heavy atom. The molecule has 3 aromatic rings. The molecular formula is C17H17N3. The second kappa shape index (κ2) is 4.85. The van der Waals surface area contributed by atoms with Gasteiger partial charge in [-0.25, -0.2) is 4.98 Å². The summed E-state index contributed by atoms with van der Waals surface area (Å²) in [6.07, 6.45) is 5.69. The van der Waals surface area contributed by atoms with Crippen LogP contribution in [-0.2, 0) is 0 Å². The van der Waals surface area contributed by atoms with E-state index >= 15 is 0 Å². The molecule has 2 N–H and O–H groups in total. The third-order valence-corrected chi connectivity index (χ3v) is 3.61. The topological polar surface area (TPSA) is 40.7 Å². The number of fused-ring (bicyclic) bond motifs is 1. The first-order chi connectivity index (χ1) is 9.74. The van der Waals surface area contributed by atoms with Gasteiger partial charge in [-0.2, -0.15) is 0 Å². The lowest BCUT2D eigenvalue weighted by molar-refractivity contribution is 1.31. The summed E-state index contributed by atoms with van der Waals surface area (Å²) in [5.74, 6) is 0. The van der Waals surface area contributed by atoms with E-state index in [1.165, 1.54) is 11.1 Å². The van der Waals surface area contributed by atoms with Gasteiger partial charge in [0.2, 0.25) is 0 Å². The molecule has 0 radical (unpaired) electrons. The highest BCUT2D eigenvalue weighted by atomic mass is 14.9. The van der Waals surface area contributed by atoms with Crippen molar-refractivity contribution in [1.82, 2.24) is 9.97 Å². The normalized spacial score (nSPS) is 10.7. The minimum Gasteiger partial charge on any atom is -0.387 e. The standard InChI is InChI=1S/C17H17N3/c1-4-12-5-6-13(11(2)9-12)15-10-20-17-14(7-8-19-17)16(15)18-3/h4-10H,1H2,2-3H3,(H2,18,19,20). The van der Waals surface area contributed by atoms with Crippen LogP contribution in [0.4, 0.5) is 5.69 Å². The predicted octanol–water partition coefficient (Wildman–Crippen LogP) is 4.22. The van der Waals surface area contributed by atoms with E-state index < -0.39 is 0 Å². The fourth-order valence-electron chi connectivity index (χ4n) is 2.60. The van der Waals surface area contributed by atoms with Gasteiger partial charge < -0.3 is 10.3 Å². The molecule has 0 saturated carbocycles. The lowest BCUT2D eigenvalue weighted by Gasteiger charge is -2.13. The van der Waals surface area contributed by atoms with E-state index in [0.29, 0.717) is 0 Å². The first-order valence-electron chi connectivity index (χ1n) is 6.62. The Bertz CT molecular complexity index is 784. The fourth-order valence-corrected chi connectivity index (χ4v) is 2.60. The van der Waals surface area contributed by atoms with E-state index in [2.05, 4.69) is 47.0 Å². The van der Waals surface area contributed by atoms with E-state index in [-0.39, 0.29) is 0 Å². The number of nitrogens with zero attached hydrogens (tertiary/aromatic N) is 1. The van der Waals surface area contributed by atoms with Crippen LogP contribution >= 0.6 is 0 Å². The van der Waals surface area contributed by atoms with Gasteiger partial charge in [-0.3, -0.25) is 0 Å². The zero-order valence-electron chi connectivity index (χ0n) is 11.7. The highest BCUT2D eigenvalue weighted by molar-refractivity contribution is 5.98. The summed E-state index contributed by atoms with van der Waals surface area (Å²) < 4.78 is 0. The predicted molar refractivity (Wildman–Crippen MR) is 85.9 cm³/mol. The summed E-state index contributed by atoms with van der Waals surface area (Å²) in [5, 5.41) is 4.41. The minimum atomic E-state index is 0.901. The van der Waals surface area contributed by atoms with Gasteiger partial charge in [-0.15, -0.1) is 0 Å². The molecule has 3 rings (SSSR count). The molecular weight excluding hydrogens is 246 g/mol. The average molecular weight is 263 g/mol. The molecule has 0 atom stereocenters. The molecule has 0 aliphatic heterocycles. The van der Waals surface area contributed by atoms with Crippen LogP contribution in [0.25, 0.3) is 28.2 Å². The van der Waals surface area contributed by atoms with E-state index in [1.807, 2.05) is 31.6 Å². The molecule has 0 aliphatic rings. The van der Waals surface area contributed by atoms with Crippen LogP contribution < -0.4 is 5.32 Å². The molecule has 0 unspecified atom stereocenters. The number of benzene rings is 1. The van der Waals surface area contributed by atoms with Crippen LogP contribution in [0.5, 0.6) is 0 Å². The Balaban J connectivity index is 2.25. The first-order valence-corrected chi connectivity index (χ1v) is 6.62. The second-order valence-corrected chi connectivity index (χ2v) is 4.82. The van der Waals surface area contributed by atoms with Gasteiger partial charge in [0.1, 0.15) is 5.65 Å². The number of pyridine rings is 1. The van der Waals surface area contributed by atoms with Crippen molar-refractivity contribution in [3.8, 4) is 11.1 Å². The number of H-pyrrole nitrogens is 1. The van der Waals surface area contributed by atoms with Crippen LogP contribution in [0.3, 0.4) is 0 Å². The molecule has 0 fully saturated rings. The molecule has 2 heterocycles. The van der Waals surface area contributed by atoms with Gasteiger partial charge >= 0.3 is 0 Å². The summed E-state index contributed by atoms with van der Waals surface area (Å²) >= 11 is 0. The molecule has 20 heavy (non-hydrogen) atoms. The van der Waals surface area contributed by atoms with Crippen molar-refractivity contribution in [1.29, 1.82) is 0 Å². The van der Waals surface area contributed by atoms with Crippen molar-refractivity contribution in [3.05, 3.63) is 54.4 Å². The zero-order valence-corrected chi connectivity index (χ0v) is 11.7. The zero-order chi connectivity index (χ0) is 14.1. The van der Waals surface area contributed by atoms with Gasteiger partial charge in [0.05, 0.1) is 5.69 Å². The summed E-state index contributed by atoms with van der Waals surface area (Å²) in [4.78, 5) is 7.64. The smallest absolute Gasteiger partial charge is 0.139 e. The molecule has 3 nitrogen and oxygen atoms in total. The Kier molecular flexibility index (Phi) is 3.03. The number of aryl methyl sites for hydroxylation is 1. The van der Waals surface area contributed by atoms with Crippen molar-refractivity contribution >= 4 is 22.8 Å². The molecule has 0 aliphatic carbocycles. The van der Waals surface area contributed by atoms with E-state index in [4.69, 9.17) is 0 Å². The SMILES string of the molecule is C=Cc1ccc(-c2cnc3[nH]ccc3c2NC)c(C)c1. The number of nitrogens with one attached hydrogen (secondary N) is 2. The number of aromatic nitrogens is 2. The van der Waals surface area contributed by atoms with Crippen LogP contribution in [0.2, 0.25) is 0 Å². The largest absolute Gasteiger partial charge is 0.387 e. The lowest BCUT2D eigenvalue weighted by atomic mass is 9.97. The van der Waals surface area contributed by atoms with E-state index in [9.17, 15) is 0 Å². The van der Waals surface area contributed by atoms with Gasteiger partial charge in [0.25, 0.3) is 0 Å². The summed E-state index contributed by atoms with van der Waals surface area (Å²) in [6.45, 7) is 5.93. The number of aromatic amines is 1. The van der Waals surface area contributed by atoms with Crippen molar-refractivity contribution < 1.29 is 0 Å². The van der Waals surface area contributed by atoms with Crippen LogP contribution in [0.15, 0.2) is 43.2 Å². The monoisotopic (exact) mass is 263 g/mol. The molecule has 0 amide bonds. The van der Waals surface area contributed by atoms with Crippen molar-refractivity contribution in [2.24, 2.45) is 0 Å². The summed E-state index contributed by atoms with van der Waals surface area (Å²) in [7, 11) is 1.94. The quantitative estimate of drug-likeness (QED) is 0.742. The highest BCUT2D eigenvalue weighted by Crippen LogP contribution is 2.34. The number of hydrogen-bond acceptors (Lipinski definition) is 2. The Morgan fingerprint density at radius 2 is 2.10 bits per heavy atom. The Morgan fingerprint density at radius 3 is 2.80 bits per heavy atom. The average Bonchev–Trinajstić information content (AvgIpc) is 2.94. The third-order valence-electron chi connectivity index (χ3n) is 3.61. The Labute approximate surface area is 118 Å². The molecule has 0 spiro atoms. The van der Waals surface area contributed by atoms with E-state index in [1.54, 1.807) is 0 Å². The molecule has 2 aromatic heterocycles. The van der Waals surface area contributed by atoms with Gasteiger partial charge in [0.15, 0.2) is 0 Å². The maximum atomic E-state index is 4.49. The Hall–Kier alpha value is -2.55. The number of hydrogen-bond donors (Lipinski definition) is 2. The summed E-state index contributed by atoms with van der Waals surface area (Å²) in [5.41, 5.74) is 6.66. The molecule has 3 heteroatoms. The van der Waals surface area contributed by atoms with Crippen LogP contribution in [0.1, 0.15) is 11.1 Å². The van der Waals surface area contributed by atoms with Crippen molar-refractivity contribution in [2.45, 2.75) is 6.92 Å². The molecule has 100 valence electrons. The van der Waals surface area contributed by atoms with E-state index in [0.717, 1.165) is 27.8 Å². The maximum Gasteiger partial charge on any atom is 0.139 e. The van der Waals surface area contributed by atoms with Gasteiger partial charge in [-0.05, 0) is 29.7 Å². The second-order valence-electron chi connectivity index (χ2n) is 4.82. The van der Waals surface area contributed by atoms with Gasteiger partial charge in [-0.1, -0.05) is 30.9 Å². The minimum absolute atomic E-state index is 0.901. The molecule has 0 saturated heterocycles. The third kappa shape index (κ3) is 1.88. The lowest BCUT2D eigenvalue weighted by Crippen LogP contribution is -1.96. The van der Waals surface area contributed by atoms with Gasteiger partial charge in [0, 0.05) is 30.4 Å². The number of anilines is 1. The van der Waals surface area contributed by atoms with Crippen LogP contribution in [0, 0.1) is 6.92 Å². The summed E-state index contributed by atoms with van der Waals surface area (Å²) in [6, 6.07) is 8.40. The van der Waals surface area contributed by atoms with Crippen molar-refractivity contribution in [2.75, 3.05) is 12.4 Å². The maximum absolute atomic E-state index is 4.49. The highest BCUT2D eigenvalue weighted by Gasteiger charge is 2.12. The number of rotatable bonds is 3. The molecule has 1 aromatic carbocycles. The van der Waals surface area contributed by atoms with Crippen molar-refractivity contribution in [3.63, 3.8) is 0 Å². The van der Waals surface area contributed by atoms with Crippen LogP contribution in [-0.4, -0.2) is 17.0 Å². The molecule has 0 bridgehead atoms. The fraction of sp³-hybridized carbons (Fsp3) is 0.118.